The number of likely N-dealkylation sites (tertiary alicyclic amines) is 1. The lowest BCUT2D eigenvalue weighted by Gasteiger charge is -2.32. The molecule has 1 N–H and O–H groups in total. The van der Waals surface area contributed by atoms with Crippen molar-refractivity contribution in [3.63, 3.8) is 0 Å². The van der Waals surface area contributed by atoms with Crippen LogP contribution in [0.4, 0.5) is 0 Å². The summed E-state index contributed by atoms with van der Waals surface area (Å²) in [5.41, 5.74) is 0. The Bertz CT molecular complexity index is 183. The Morgan fingerprint density at radius 2 is 2.43 bits per heavy atom. The van der Waals surface area contributed by atoms with Crippen molar-refractivity contribution < 1.29 is 9.53 Å². The molecule has 1 atom stereocenters. The quantitative estimate of drug-likeness (QED) is 0.699. The molecule has 0 spiro atoms. The van der Waals surface area contributed by atoms with E-state index in [-0.39, 0.29) is 12.5 Å². The molecular formula is C10H20N2O2. The van der Waals surface area contributed by atoms with E-state index in [2.05, 4.69) is 5.32 Å². The number of nitrogens with one attached hydrogen (secondary N) is 1. The van der Waals surface area contributed by atoms with Gasteiger partial charge in [0.2, 0.25) is 5.91 Å². The van der Waals surface area contributed by atoms with E-state index in [9.17, 15) is 4.79 Å². The van der Waals surface area contributed by atoms with Gasteiger partial charge in [-0.05, 0) is 32.4 Å². The van der Waals surface area contributed by atoms with Crippen molar-refractivity contribution in [2.75, 3.05) is 40.4 Å². The molecule has 14 heavy (non-hydrogen) atoms. The van der Waals surface area contributed by atoms with Crippen LogP contribution in [0, 0.1) is 5.92 Å². The molecule has 4 nitrogen and oxygen atoms in total. The van der Waals surface area contributed by atoms with Crippen LogP contribution in [0.1, 0.15) is 12.8 Å². The zero-order valence-corrected chi connectivity index (χ0v) is 9.08. The first-order valence-electron chi connectivity index (χ1n) is 5.19. The number of piperidine rings is 1. The van der Waals surface area contributed by atoms with Crippen molar-refractivity contribution >= 4 is 5.91 Å². The van der Waals surface area contributed by atoms with Gasteiger partial charge in [-0.15, -0.1) is 0 Å². The van der Waals surface area contributed by atoms with Crippen LogP contribution in [0.15, 0.2) is 0 Å². The molecule has 1 aliphatic rings. The Hall–Kier alpha value is -0.610. The maximum atomic E-state index is 11.5. The molecule has 1 heterocycles. The summed E-state index contributed by atoms with van der Waals surface area (Å²) in [5, 5.41) is 3.16. The van der Waals surface area contributed by atoms with Gasteiger partial charge in [0.05, 0.1) is 0 Å². The summed E-state index contributed by atoms with van der Waals surface area (Å²) < 4.78 is 4.85. The molecule has 0 aromatic carbocycles. The molecule has 0 bridgehead atoms. The molecule has 1 rings (SSSR count). The van der Waals surface area contributed by atoms with Gasteiger partial charge in [0, 0.05) is 20.2 Å². The number of carbonyl (C=O) groups is 1. The van der Waals surface area contributed by atoms with Crippen LogP contribution in [0.2, 0.25) is 0 Å². The maximum absolute atomic E-state index is 11.5. The molecule has 0 aliphatic carbocycles. The molecule has 0 saturated carbocycles. The Labute approximate surface area is 85.6 Å². The second-order valence-electron chi connectivity index (χ2n) is 3.84. The van der Waals surface area contributed by atoms with Gasteiger partial charge in [0.1, 0.15) is 6.61 Å². The summed E-state index contributed by atoms with van der Waals surface area (Å²) in [6.45, 7) is 2.98. The van der Waals surface area contributed by atoms with Crippen LogP contribution in [-0.4, -0.2) is 51.2 Å². The lowest BCUT2D eigenvalue weighted by atomic mass is 9.98. The molecule has 1 amide bonds. The summed E-state index contributed by atoms with van der Waals surface area (Å²) in [6.07, 6.45) is 2.33. The van der Waals surface area contributed by atoms with E-state index in [0.29, 0.717) is 5.92 Å². The highest BCUT2D eigenvalue weighted by Gasteiger charge is 2.22. The monoisotopic (exact) mass is 200 g/mol. The lowest BCUT2D eigenvalue weighted by Crippen LogP contribution is -2.43. The second kappa shape index (κ2) is 5.98. The standard InChI is InChI=1S/C10H20N2O2/c1-11-6-9-4-3-5-12(7-9)10(13)8-14-2/h9,11H,3-8H2,1-2H3/t9-/m0/s1. The normalized spacial score (nSPS) is 22.4. The fraction of sp³-hybridized carbons (Fsp3) is 0.900. The van der Waals surface area contributed by atoms with Crippen LogP contribution < -0.4 is 5.32 Å². The van der Waals surface area contributed by atoms with Gasteiger partial charge in [-0.2, -0.15) is 0 Å². The molecule has 1 fully saturated rings. The Morgan fingerprint density at radius 1 is 1.64 bits per heavy atom. The molecule has 0 radical (unpaired) electrons. The Morgan fingerprint density at radius 3 is 3.07 bits per heavy atom. The van der Waals surface area contributed by atoms with E-state index < -0.39 is 0 Å². The minimum Gasteiger partial charge on any atom is -0.375 e. The Balaban J connectivity index is 2.35. The smallest absolute Gasteiger partial charge is 0.248 e. The minimum absolute atomic E-state index is 0.119. The first-order chi connectivity index (χ1) is 6.77. The van der Waals surface area contributed by atoms with Crippen LogP contribution in [-0.2, 0) is 9.53 Å². The van der Waals surface area contributed by atoms with E-state index in [1.54, 1.807) is 7.11 Å². The average molecular weight is 200 g/mol. The lowest BCUT2D eigenvalue weighted by molar-refractivity contribution is -0.136. The number of nitrogens with zero attached hydrogens (tertiary/aromatic N) is 1. The van der Waals surface area contributed by atoms with Crippen LogP contribution in [0.3, 0.4) is 0 Å². The third-order valence-electron chi connectivity index (χ3n) is 2.63. The fourth-order valence-corrected chi connectivity index (χ4v) is 1.96. The highest BCUT2D eigenvalue weighted by molar-refractivity contribution is 5.77. The number of amides is 1. The second-order valence-corrected chi connectivity index (χ2v) is 3.84. The third kappa shape index (κ3) is 3.27. The summed E-state index contributed by atoms with van der Waals surface area (Å²) >= 11 is 0. The summed E-state index contributed by atoms with van der Waals surface area (Å²) in [5.74, 6) is 0.725. The average Bonchev–Trinajstić information content (AvgIpc) is 2.19. The van der Waals surface area contributed by atoms with Crippen molar-refractivity contribution in [1.82, 2.24) is 10.2 Å². The van der Waals surface area contributed by atoms with E-state index in [0.717, 1.165) is 26.1 Å². The van der Waals surface area contributed by atoms with Crippen molar-refractivity contribution in [3.8, 4) is 0 Å². The molecule has 4 heteroatoms. The molecule has 0 aromatic heterocycles. The molecule has 0 aromatic rings. The van der Waals surface area contributed by atoms with Gasteiger partial charge in [-0.25, -0.2) is 0 Å². The topological polar surface area (TPSA) is 41.6 Å². The van der Waals surface area contributed by atoms with Gasteiger partial charge < -0.3 is 15.0 Å². The van der Waals surface area contributed by atoms with Crippen molar-refractivity contribution in [2.45, 2.75) is 12.8 Å². The predicted molar refractivity (Wildman–Crippen MR) is 55.1 cm³/mol. The highest BCUT2D eigenvalue weighted by atomic mass is 16.5. The number of rotatable bonds is 4. The minimum atomic E-state index is 0.119. The van der Waals surface area contributed by atoms with E-state index >= 15 is 0 Å². The number of ether oxygens (including phenoxy) is 1. The van der Waals surface area contributed by atoms with Crippen molar-refractivity contribution in [2.24, 2.45) is 5.92 Å². The van der Waals surface area contributed by atoms with Gasteiger partial charge in [-0.1, -0.05) is 0 Å². The van der Waals surface area contributed by atoms with Crippen molar-refractivity contribution in [3.05, 3.63) is 0 Å². The molecule has 82 valence electrons. The van der Waals surface area contributed by atoms with Crippen LogP contribution >= 0.6 is 0 Å². The highest BCUT2D eigenvalue weighted by Crippen LogP contribution is 2.15. The Kier molecular flexibility index (Phi) is 4.90. The first-order valence-corrected chi connectivity index (χ1v) is 5.19. The van der Waals surface area contributed by atoms with Gasteiger partial charge in [-0.3, -0.25) is 4.79 Å². The molecule has 0 unspecified atom stereocenters. The van der Waals surface area contributed by atoms with Gasteiger partial charge in [0.15, 0.2) is 0 Å². The molecular weight excluding hydrogens is 180 g/mol. The van der Waals surface area contributed by atoms with Crippen LogP contribution in [0.5, 0.6) is 0 Å². The molecule has 1 aliphatic heterocycles. The summed E-state index contributed by atoms with van der Waals surface area (Å²) in [4.78, 5) is 13.4. The maximum Gasteiger partial charge on any atom is 0.248 e. The number of hydrogen-bond acceptors (Lipinski definition) is 3. The summed E-state index contributed by atoms with van der Waals surface area (Å²) in [7, 11) is 3.52. The van der Waals surface area contributed by atoms with E-state index in [1.807, 2.05) is 11.9 Å². The largest absolute Gasteiger partial charge is 0.375 e. The van der Waals surface area contributed by atoms with Crippen molar-refractivity contribution in [1.29, 1.82) is 0 Å². The molecule has 1 saturated heterocycles. The van der Waals surface area contributed by atoms with E-state index in [1.165, 1.54) is 6.42 Å². The zero-order chi connectivity index (χ0) is 10.4. The third-order valence-corrected chi connectivity index (χ3v) is 2.63. The predicted octanol–water partition coefficient (Wildman–Crippen LogP) is 0.0908. The number of methoxy groups -OCH3 is 1. The zero-order valence-electron chi connectivity index (χ0n) is 9.08. The van der Waals surface area contributed by atoms with Crippen LogP contribution in [0.25, 0.3) is 0 Å². The number of hydrogen-bond donors (Lipinski definition) is 1. The number of carbonyl (C=O) groups excluding carboxylic acids is 1. The van der Waals surface area contributed by atoms with E-state index in [4.69, 9.17) is 4.74 Å². The first kappa shape index (κ1) is 11.5. The van der Waals surface area contributed by atoms with Gasteiger partial charge in [0.25, 0.3) is 0 Å². The summed E-state index contributed by atoms with van der Waals surface area (Å²) in [6, 6.07) is 0. The fourth-order valence-electron chi connectivity index (χ4n) is 1.96. The van der Waals surface area contributed by atoms with Gasteiger partial charge >= 0.3 is 0 Å². The SMILES string of the molecule is CNC[C@@H]1CCCN(C(=O)COC)C1.